The summed E-state index contributed by atoms with van der Waals surface area (Å²) in [4.78, 5) is 15.5. The number of carbonyl (C=O) groups excluding carboxylic acids is 1. The summed E-state index contributed by atoms with van der Waals surface area (Å²) in [6.07, 6.45) is 6.01. The quantitative estimate of drug-likeness (QED) is 0.732. The molecular weight excluding hydrogens is 366 g/mol. The normalized spacial score (nSPS) is 20.1. The Morgan fingerprint density at radius 2 is 1.93 bits per heavy atom. The van der Waals surface area contributed by atoms with E-state index in [1.165, 1.54) is 29.5 Å². The minimum absolute atomic E-state index is 0.0354. The summed E-state index contributed by atoms with van der Waals surface area (Å²) in [6, 6.07) is 8.30. The molecule has 0 spiro atoms. The molecule has 0 aromatic heterocycles. The summed E-state index contributed by atoms with van der Waals surface area (Å²) in [5.41, 5.74) is 5.83. The van der Waals surface area contributed by atoms with E-state index >= 15 is 0 Å². The van der Waals surface area contributed by atoms with Crippen molar-refractivity contribution in [3.05, 3.63) is 52.1 Å². The van der Waals surface area contributed by atoms with E-state index < -0.39 is 0 Å². The third-order valence-corrected chi connectivity index (χ3v) is 6.60. The van der Waals surface area contributed by atoms with Gasteiger partial charge in [0.1, 0.15) is 0 Å². The minimum atomic E-state index is -0.0354. The molecule has 0 saturated heterocycles. The fourth-order valence-electron chi connectivity index (χ4n) is 4.98. The highest BCUT2D eigenvalue weighted by Crippen LogP contribution is 2.50. The average molecular weight is 393 g/mol. The van der Waals surface area contributed by atoms with E-state index in [-0.39, 0.29) is 18.6 Å². The maximum atomic E-state index is 13.3. The van der Waals surface area contributed by atoms with Crippen molar-refractivity contribution in [1.82, 2.24) is 4.90 Å². The van der Waals surface area contributed by atoms with Gasteiger partial charge in [0.05, 0.1) is 7.11 Å². The molecule has 5 heteroatoms. The van der Waals surface area contributed by atoms with Gasteiger partial charge in [0.15, 0.2) is 17.3 Å². The number of fused-ring (bicyclic) bond motifs is 3. The smallest absolute Gasteiger partial charge is 0.231 e. The fraction of sp³-hybridized carbons (Fsp3) is 0.458. The number of ether oxygens (including phenoxy) is 3. The van der Waals surface area contributed by atoms with Gasteiger partial charge in [0.2, 0.25) is 12.5 Å². The Balaban J connectivity index is 1.48. The average Bonchev–Trinajstić information content (AvgIpc) is 3.22. The van der Waals surface area contributed by atoms with E-state index in [0.29, 0.717) is 17.9 Å². The third kappa shape index (κ3) is 3.18. The van der Waals surface area contributed by atoms with Crippen molar-refractivity contribution in [1.29, 1.82) is 0 Å². The van der Waals surface area contributed by atoms with Crippen molar-refractivity contribution in [3.63, 3.8) is 0 Å². The number of hydrogen-bond acceptors (Lipinski definition) is 5. The van der Waals surface area contributed by atoms with Crippen LogP contribution in [0.5, 0.6) is 17.2 Å². The molecule has 1 atom stereocenters. The van der Waals surface area contributed by atoms with E-state index in [1.54, 1.807) is 7.11 Å². The first-order valence-corrected chi connectivity index (χ1v) is 10.5. The molecule has 5 rings (SSSR count). The number of Topliss-reactive ketones (excluding diaryl/α,β-unsaturated/α-hetero) is 1. The van der Waals surface area contributed by atoms with Crippen LogP contribution in [0, 0.1) is 0 Å². The van der Waals surface area contributed by atoms with Crippen LogP contribution in [0.15, 0.2) is 24.3 Å². The lowest BCUT2D eigenvalue weighted by Crippen LogP contribution is -2.34. The number of ketones is 1. The highest BCUT2D eigenvalue weighted by molar-refractivity contribution is 5.97. The van der Waals surface area contributed by atoms with Gasteiger partial charge < -0.3 is 14.2 Å². The van der Waals surface area contributed by atoms with E-state index in [0.717, 1.165) is 42.7 Å². The van der Waals surface area contributed by atoms with Gasteiger partial charge in [-0.15, -0.1) is 0 Å². The largest absolute Gasteiger partial charge is 0.492 e. The van der Waals surface area contributed by atoms with Gasteiger partial charge in [-0.2, -0.15) is 0 Å². The molecule has 2 aliphatic heterocycles. The van der Waals surface area contributed by atoms with Crippen LogP contribution in [-0.4, -0.2) is 38.2 Å². The van der Waals surface area contributed by atoms with Gasteiger partial charge >= 0.3 is 0 Å². The van der Waals surface area contributed by atoms with Crippen LogP contribution < -0.4 is 14.2 Å². The maximum absolute atomic E-state index is 13.3. The lowest BCUT2D eigenvalue weighted by atomic mass is 9.86. The number of nitrogens with zero attached hydrogens (tertiary/aromatic N) is 1. The Labute approximate surface area is 171 Å². The van der Waals surface area contributed by atoms with Gasteiger partial charge in [-0.05, 0) is 68.0 Å². The molecule has 0 fully saturated rings. The maximum Gasteiger partial charge on any atom is 0.231 e. The zero-order chi connectivity index (χ0) is 20.0. The molecule has 0 N–H and O–H groups in total. The van der Waals surface area contributed by atoms with Crippen LogP contribution in [0.4, 0.5) is 0 Å². The number of rotatable bonds is 4. The standard InChI is InChI=1S/C24H27NO4/c1-25-10-9-18-12-21-23(29-14-28-21)24(27-2)22(18)19(25)13-20(26)17-8-7-15-5-3-4-6-16(15)11-17/h7-8,11-12,19H,3-6,9-10,13-14H2,1-2H3/t19-/m0/s1. The number of aryl methyl sites for hydroxylation is 2. The highest BCUT2D eigenvalue weighted by Gasteiger charge is 2.35. The minimum Gasteiger partial charge on any atom is -0.492 e. The lowest BCUT2D eigenvalue weighted by molar-refractivity contribution is 0.0925. The summed E-state index contributed by atoms with van der Waals surface area (Å²) in [6.45, 7) is 1.11. The molecule has 2 aromatic rings. The number of carbonyl (C=O) groups is 1. The summed E-state index contributed by atoms with van der Waals surface area (Å²) in [7, 11) is 3.74. The van der Waals surface area contributed by atoms with Crippen LogP contribution in [-0.2, 0) is 19.3 Å². The first-order chi connectivity index (χ1) is 14.2. The lowest BCUT2D eigenvalue weighted by Gasteiger charge is -2.35. The molecule has 0 bridgehead atoms. The number of methoxy groups -OCH3 is 1. The number of hydrogen-bond donors (Lipinski definition) is 0. The van der Waals surface area contributed by atoms with Crippen LogP contribution in [0.3, 0.4) is 0 Å². The van der Waals surface area contributed by atoms with E-state index in [2.05, 4.69) is 30.1 Å². The van der Waals surface area contributed by atoms with E-state index in [4.69, 9.17) is 14.2 Å². The SMILES string of the molecule is COc1c2c(cc3c1[C@H](CC(=O)c1ccc4c(c1)CCCC4)N(C)CC3)OCO2. The van der Waals surface area contributed by atoms with Crippen molar-refractivity contribution in [3.8, 4) is 17.2 Å². The zero-order valence-electron chi connectivity index (χ0n) is 17.1. The van der Waals surface area contributed by atoms with Crippen LogP contribution in [0.1, 0.15) is 57.9 Å². The first-order valence-electron chi connectivity index (χ1n) is 10.5. The fourth-order valence-corrected chi connectivity index (χ4v) is 4.98. The molecule has 5 nitrogen and oxygen atoms in total. The van der Waals surface area contributed by atoms with Crippen molar-refractivity contribution in [2.75, 3.05) is 27.5 Å². The Morgan fingerprint density at radius 1 is 1.10 bits per heavy atom. The Hall–Kier alpha value is -2.53. The molecule has 1 aliphatic carbocycles. The summed E-state index contributed by atoms with van der Waals surface area (Å²) >= 11 is 0. The van der Waals surface area contributed by atoms with Gasteiger partial charge in [-0.25, -0.2) is 0 Å². The molecule has 2 heterocycles. The third-order valence-electron chi connectivity index (χ3n) is 6.60. The second-order valence-electron chi connectivity index (χ2n) is 8.28. The van der Waals surface area contributed by atoms with Crippen molar-refractivity contribution < 1.29 is 19.0 Å². The zero-order valence-corrected chi connectivity index (χ0v) is 17.1. The number of likely N-dealkylation sites (N-methyl/N-ethyl adjacent to an activating group) is 1. The molecule has 0 amide bonds. The second-order valence-corrected chi connectivity index (χ2v) is 8.28. The van der Waals surface area contributed by atoms with Gasteiger partial charge in [0, 0.05) is 30.1 Å². The molecular formula is C24H27NO4. The van der Waals surface area contributed by atoms with E-state index in [1.807, 2.05) is 6.07 Å². The Morgan fingerprint density at radius 3 is 2.76 bits per heavy atom. The van der Waals surface area contributed by atoms with Crippen LogP contribution in [0.2, 0.25) is 0 Å². The monoisotopic (exact) mass is 393 g/mol. The van der Waals surface area contributed by atoms with E-state index in [9.17, 15) is 4.79 Å². The first kappa shape index (κ1) is 18.5. The Kier molecular flexibility index (Phi) is 4.70. The summed E-state index contributed by atoms with van der Waals surface area (Å²) in [5, 5.41) is 0. The highest BCUT2D eigenvalue weighted by atomic mass is 16.7. The van der Waals surface area contributed by atoms with Gasteiger partial charge in [0.25, 0.3) is 0 Å². The number of benzene rings is 2. The molecule has 0 radical (unpaired) electrons. The molecule has 0 unspecified atom stereocenters. The topological polar surface area (TPSA) is 48.0 Å². The predicted octanol–water partition coefficient (Wildman–Crippen LogP) is 4.10. The second kappa shape index (κ2) is 7.38. The molecule has 0 saturated carbocycles. The van der Waals surface area contributed by atoms with Crippen molar-refractivity contribution in [2.24, 2.45) is 0 Å². The summed E-state index contributed by atoms with van der Waals surface area (Å²) in [5.74, 6) is 2.30. The van der Waals surface area contributed by atoms with Crippen molar-refractivity contribution >= 4 is 5.78 Å². The van der Waals surface area contributed by atoms with Crippen molar-refractivity contribution in [2.45, 2.75) is 44.6 Å². The molecule has 3 aliphatic rings. The molecule has 152 valence electrons. The molecule has 29 heavy (non-hydrogen) atoms. The van der Waals surface area contributed by atoms with Gasteiger partial charge in [-0.1, -0.05) is 12.1 Å². The predicted molar refractivity (Wildman–Crippen MR) is 110 cm³/mol. The Bertz CT molecular complexity index is 968. The van der Waals surface area contributed by atoms with Crippen LogP contribution >= 0.6 is 0 Å². The van der Waals surface area contributed by atoms with Crippen LogP contribution in [0.25, 0.3) is 0 Å². The summed E-state index contributed by atoms with van der Waals surface area (Å²) < 4.78 is 17.0. The van der Waals surface area contributed by atoms with Gasteiger partial charge in [-0.3, -0.25) is 9.69 Å². The molecule has 2 aromatic carbocycles.